The van der Waals surface area contributed by atoms with E-state index < -0.39 is 11.7 Å². The van der Waals surface area contributed by atoms with Crippen molar-refractivity contribution in [1.29, 1.82) is 0 Å². The van der Waals surface area contributed by atoms with Crippen LogP contribution in [0.5, 0.6) is 0 Å². The van der Waals surface area contributed by atoms with Crippen molar-refractivity contribution in [3.05, 3.63) is 27.5 Å². The van der Waals surface area contributed by atoms with Crippen LogP contribution in [0.15, 0.2) is 10.7 Å². The molecule has 0 spiro atoms. The van der Waals surface area contributed by atoms with Crippen molar-refractivity contribution in [2.75, 3.05) is 0 Å². The maximum atomic E-state index is 12.5. The molecule has 0 atom stereocenters. The van der Waals surface area contributed by atoms with Crippen molar-refractivity contribution in [2.24, 2.45) is 5.73 Å². The minimum absolute atomic E-state index is 0.0110. The van der Waals surface area contributed by atoms with Crippen LogP contribution in [0.4, 0.5) is 13.2 Å². The number of alkyl halides is 3. The second-order valence-electron chi connectivity index (χ2n) is 2.78. The highest BCUT2D eigenvalue weighted by Gasteiger charge is 2.34. The van der Waals surface area contributed by atoms with Gasteiger partial charge >= 0.3 is 6.18 Å². The van der Waals surface area contributed by atoms with Crippen LogP contribution in [0.2, 0.25) is 0 Å². The van der Waals surface area contributed by atoms with E-state index in [0.717, 1.165) is 6.07 Å². The fourth-order valence-corrected chi connectivity index (χ4v) is 1.76. The van der Waals surface area contributed by atoms with Crippen LogP contribution in [0.1, 0.15) is 16.8 Å². The Morgan fingerprint density at radius 1 is 1.50 bits per heavy atom. The van der Waals surface area contributed by atoms with Crippen molar-refractivity contribution in [3.63, 3.8) is 0 Å². The number of hydrogen-bond donors (Lipinski definition) is 1. The zero-order chi connectivity index (χ0) is 10.9. The Hall–Kier alpha value is -0.620. The summed E-state index contributed by atoms with van der Waals surface area (Å²) in [5, 5.41) is 0. The molecule has 0 saturated heterocycles. The molecule has 0 aliphatic carbocycles. The molecular formula is C8H8BrF3N2. The quantitative estimate of drug-likeness (QED) is 0.796. The largest absolute Gasteiger partial charge is 0.416 e. The SMILES string of the molecule is Cc1cc(C(F)(F)F)c(CN)c(Br)n1. The van der Waals surface area contributed by atoms with Crippen LogP contribution in [0.25, 0.3) is 0 Å². The first-order valence-corrected chi connectivity index (χ1v) is 4.59. The van der Waals surface area contributed by atoms with Gasteiger partial charge in [-0.1, -0.05) is 0 Å². The van der Waals surface area contributed by atoms with Crippen LogP contribution < -0.4 is 5.73 Å². The minimum atomic E-state index is -4.38. The molecule has 1 rings (SSSR count). The normalized spacial score (nSPS) is 11.9. The molecule has 1 heterocycles. The molecular weight excluding hydrogens is 261 g/mol. The first kappa shape index (κ1) is 11.5. The van der Waals surface area contributed by atoms with E-state index >= 15 is 0 Å². The Morgan fingerprint density at radius 3 is 2.50 bits per heavy atom. The summed E-state index contributed by atoms with van der Waals surface area (Å²) < 4.78 is 37.6. The number of aromatic nitrogens is 1. The molecule has 0 radical (unpaired) electrons. The molecule has 1 aromatic heterocycles. The lowest BCUT2D eigenvalue weighted by Crippen LogP contribution is -2.14. The molecule has 0 unspecified atom stereocenters. The topological polar surface area (TPSA) is 38.9 Å². The van der Waals surface area contributed by atoms with Crippen molar-refractivity contribution < 1.29 is 13.2 Å². The first-order valence-electron chi connectivity index (χ1n) is 3.79. The molecule has 0 amide bonds. The van der Waals surface area contributed by atoms with Gasteiger partial charge in [0.25, 0.3) is 0 Å². The fourth-order valence-electron chi connectivity index (χ4n) is 1.11. The average Bonchev–Trinajstić information content (AvgIpc) is 2.01. The van der Waals surface area contributed by atoms with E-state index in [4.69, 9.17) is 5.73 Å². The van der Waals surface area contributed by atoms with Crippen LogP contribution >= 0.6 is 15.9 Å². The zero-order valence-corrected chi connectivity index (χ0v) is 8.91. The third-order valence-electron chi connectivity index (χ3n) is 1.71. The van der Waals surface area contributed by atoms with Crippen molar-refractivity contribution in [2.45, 2.75) is 19.6 Å². The molecule has 0 aliphatic rings. The summed E-state index contributed by atoms with van der Waals surface area (Å²) in [5.74, 6) is 0. The molecule has 0 aromatic carbocycles. The molecule has 14 heavy (non-hydrogen) atoms. The average molecular weight is 269 g/mol. The third kappa shape index (κ3) is 2.24. The summed E-state index contributed by atoms with van der Waals surface area (Å²) in [7, 11) is 0. The number of halogens is 4. The summed E-state index contributed by atoms with van der Waals surface area (Å²) in [6.45, 7) is 1.31. The van der Waals surface area contributed by atoms with Gasteiger partial charge in [0.05, 0.1) is 5.56 Å². The number of nitrogens with zero attached hydrogens (tertiary/aromatic N) is 1. The van der Waals surface area contributed by atoms with E-state index in [1.54, 1.807) is 0 Å². The Bertz CT molecular complexity index is 349. The Kier molecular flexibility index (Phi) is 3.16. The summed E-state index contributed by atoms with van der Waals surface area (Å²) in [4.78, 5) is 3.86. The lowest BCUT2D eigenvalue weighted by atomic mass is 10.1. The number of aryl methyl sites for hydroxylation is 1. The van der Waals surface area contributed by atoms with Gasteiger partial charge in [0.2, 0.25) is 0 Å². The van der Waals surface area contributed by atoms with Crippen LogP contribution in [-0.4, -0.2) is 4.98 Å². The maximum absolute atomic E-state index is 12.5. The molecule has 0 saturated carbocycles. The Balaban J connectivity index is 3.40. The van der Waals surface area contributed by atoms with Crippen LogP contribution in [0, 0.1) is 6.92 Å². The fraction of sp³-hybridized carbons (Fsp3) is 0.375. The van der Waals surface area contributed by atoms with Crippen molar-refractivity contribution in [3.8, 4) is 0 Å². The second-order valence-corrected chi connectivity index (χ2v) is 3.53. The predicted molar refractivity (Wildman–Crippen MR) is 49.6 cm³/mol. The van der Waals surface area contributed by atoms with E-state index in [-0.39, 0.29) is 16.7 Å². The van der Waals surface area contributed by atoms with Gasteiger partial charge in [0.1, 0.15) is 4.60 Å². The van der Waals surface area contributed by atoms with Crippen LogP contribution in [0.3, 0.4) is 0 Å². The van der Waals surface area contributed by atoms with Gasteiger partial charge in [-0.15, -0.1) is 0 Å². The maximum Gasteiger partial charge on any atom is 0.416 e. The van der Waals surface area contributed by atoms with Gasteiger partial charge < -0.3 is 5.73 Å². The number of pyridine rings is 1. The summed E-state index contributed by atoms with van der Waals surface area (Å²) in [6, 6.07) is 0.993. The lowest BCUT2D eigenvalue weighted by molar-refractivity contribution is -0.138. The molecule has 0 bridgehead atoms. The number of hydrogen-bond acceptors (Lipinski definition) is 2. The Labute approximate surface area is 87.4 Å². The van der Waals surface area contributed by atoms with Crippen LogP contribution in [-0.2, 0) is 12.7 Å². The van der Waals surface area contributed by atoms with Gasteiger partial charge in [-0.2, -0.15) is 13.2 Å². The molecule has 0 fully saturated rings. The standard InChI is InChI=1S/C8H8BrF3N2/c1-4-2-6(8(10,11)12)5(3-13)7(9)14-4/h2H,3,13H2,1H3. The summed E-state index contributed by atoms with van der Waals surface area (Å²) in [6.07, 6.45) is -4.38. The van der Waals surface area contributed by atoms with Gasteiger partial charge in [0.15, 0.2) is 0 Å². The zero-order valence-electron chi connectivity index (χ0n) is 7.32. The molecule has 6 heteroatoms. The van der Waals surface area contributed by atoms with E-state index in [9.17, 15) is 13.2 Å². The Morgan fingerprint density at radius 2 is 2.07 bits per heavy atom. The van der Waals surface area contributed by atoms with Crippen molar-refractivity contribution >= 4 is 15.9 Å². The second kappa shape index (κ2) is 3.86. The molecule has 2 nitrogen and oxygen atoms in total. The predicted octanol–water partition coefficient (Wildman–Crippen LogP) is 2.63. The highest BCUT2D eigenvalue weighted by Crippen LogP contribution is 2.34. The monoisotopic (exact) mass is 268 g/mol. The number of rotatable bonds is 1. The highest BCUT2D eigenvalue weighted by molar-refractivity contribution is 9.10. The molecule has 1 aromatic rings. The highest BCUT2D eigenvalue weighted by atomic mass is 79.9. The summed E-state index contributed by atoms with van der Waals surface area (Å²) in [5.41, 5.74) is 4.80. The van der Waals surface area contributed by atoms with E-state index in [1.807, 2.05) is 0 Å². The van der Waals surface area contributed by atoms with Gasteiger partial charge in [0, 0.05) is 17.8 Å². The van der Waals surface area contributed by atoms with Crippen molar-refractivity contribution in [1.82, 2.24) is 4.98 Å². The van der Waals surface area contributed by atoms with Gasteiger partial charge in [-0.3, -0.25) is 0 Å². The van der Waals surface area contributed by atoms with E-state index in [2.05, 4.69) is 20.9 Å². The smallest absolute Gasteiger partial charge is 0.326 e. The van der Waals surface area contributed by atoms with E-state index in [0.29, 0.717) is 5.69 Å². The van der Waals surface area contributed by atoms with Gasteiger partial charge in [-0.25, -0.2) is 4.98 Å². The molecule has 2 N–H and O–H groups in total. The third-order valence-corrected chi connectivity index (χ3v) is 2.37. The van der Waals surface area contributed by atoms with Gasteiger partial charge in [-0.05, 0) is 28.9 Å². The minimum Gasteiger partial charge on any atom is -0.326 e. The van der Waals surface area contributed by atoms with E-state index in [1.165, 1.54) is 6.92 Å². The summed E-state index contributed by atoms with van der Waals surface area (Å²) >= 11 is 2.96. The lowest BCUT2D eigenvalue weighted by Gasteiger charge is -2.13. The molecule has 78 valence electrons. The molecule has 0 aliphatic heterocycles. The first-order chi connectivity index (χ1) is 6.36. The number of nitrogens with two attached hydrogens (primary N) is 1.